The van der Waals surface area contributed by atoms with Crippen molar-refractivity contribution < 1.29 is 17.9 Å². The summed E-state index contributed by atoms with van der Waals surface area (Å²) in [5.41, 5.74) is 1.70. The van der Waals surface area contributed by atoms with Gasteiger partial charge >= 0.3 is 6.18 Å². The molecule has 1 saturated heterocycles. The van der Waals surface area contributed by atoms with Crippen molar-refractivity contribution in [3.05, 3.63) is 53.2 Å². The molecule has 2 aromatic rings. The second-order valence-electron chi connectivity index (χ2n) is 4.86. The lowest BCUT2D eigenvalue weighted by Gasteiger charge is -2.10. The number of rotatable bonds is 2. The van der Waals surface area contributed by atoms with Crippen LogP contribution in [0.3, 0.4) is 0 Å². The van der Waals surface area contributed by atoms with Gasteiger partial charge in [0, 0.05) is 5.56 Å². The minimum Gasteiger partial charge on any atom is -0.368 e. The highest BCUT2D eigenvalue weighted by molar-refractivity contribution is 7.59. The third kappa shape index (κ3) is 3.57. The number of epoxide rings is 1. The van der Waals surface area contributed by atoms with Crippen molar-refractivity contribution >= 4 is 13.5 Å². The zero-order chi connectivity index (χ0) is 14.3. The summed E-state index contributed by atoms with van der Waals surface area (Å²) < 4.78 is 43.8. The average Bonchev–Trinajstić information content (AvgIpc) is 3.22. The molecule has 0 spiro atoms. The number of aromatic nitrogens is 1. The molecule has 6 heteroatoms. The maximum Gasteiger partial charge on any atom is 0.433 e. The topological polar surface area (TPSA) is 25.4 Å². The fourth-order valence-corrected chi connectivity index (χ4v) is 2.00. The van der Waals surface area contributed by atoms with Crippen molar-refractivity contribution in [3.63, 3.8) is 0 Å². The standard InChI is InChI=1S/C15H12F3NO.H2S/c1-9-2-4-10(5-3-9)12-6-11(13-8-20-13)7-14(19-12)15(16,17)18;/h2-7,13H,8H2,1H3;1H2/t13-;/m1./s1. The maximum atomic E-state index is 12.9. The number of benzene rings is 1. The van der Waals surface area contributed by atoms with Gasteiger partial charge in [0.15, 0.2) is 0 Å². The van der Waals surface area contributed by atoms with Crippen LogP contribution in [0.2, 0.25) is 0 Å². The Morgan fingerprint density at radius 3 is 2.29 bits per heavy atom. The van der Waals surface area contributed by atoms with E-state index in [1.807, 2.05) is 19.1 Å². The van der Waals surface area contributed by atoms with Gasteiger partial charge in [-0.2, -0.15) is 26.7 Å². The first kappa shape index (κ1) is 15.9. The molecule has 1 atom stereocenters. The van der Waals surface area contributed by atoms with Crippen LogP contribution in [0.1, 0.15) is 22.9 Å². The molecule has 112 valence electrons. The van der Waals surface area contributed by atoms with Crippen LogP contribution in [-0.2, 0) is 10.9 Å². The van der Waals surface area contributed by atoms with E-state index in [1.165, 1.54) is 0 Å². The van der Waals surface area contributed by atoms with Gasteiger partial charge in [0.1, 0.15) is 11.8 Å². The Balaban J connectivity index is 0.00000161. The predicted molar refractivity (Wildman–Crippen MR) is 78.5 cm³/mol. The van der Waals surface area contributed by atoms with E-state index in [2.05, 4.69) is 4.98 Å². The molecule has 0 bridgehead atoms. The van der Waals surface area contributed by atoms with E-state index in [-0.39, 0.29) is 19.6 Å². The van der Waals surface area contributed by atoms with Crippen molar-refractivity contribution in [2.24, 2.45) is 0 Å². The molecule has 0 aliphatic carbocycles. The summed E-state index contributed by atoms with van der Waals surface area (Å²) in [6.07, 6.45) is -4.69. The van der Waals surface area contributed by atoms with Crippen LogP contribution in [0, 0.1) is 6.92 Å². The Labute approximate surface area is 127 Å². The Bertz CT molecular complexity index is 636. The smallest absolute Gasteiger partial charge is 0.368 e. The molecule has 2 nitrogen and oxygen atoms in total. The molecule has 1 aliphatic rings. The molecule has 21 heavy (non-hydrogen) atoms. The summed E-state index contributed by atoms with van der Waals surface area (Å²) >= 11 is 0. The van der Waals surface area contributed by atoms with Gasteiger partial charge < -0.3 is 4.74 Å². The fraction of sp³-hybridized carbons (Fsp3) is 0.267. The molecule has 0 unspecified atom stereocenters. The van der Waals surface area contributed by atoms with Crippen LogP contribution in [0.15, 0.2) is 36.4 Å². The van der Waals surface area contributed by atoms with Gasteiger partial charge in [-0.15, -0.1) is 0 Å². The van der Waals surface area contributed by atoms with Gasteiger partial charge in [0.2, 0.25) is 0 Å². The van der Waals surface area contributed by atoms with Crippen LogP contribution in [0.5, 0.6) is 0 Å². The van der Waals surface area contributed by atoms with Crippen LogP contribution < -0.4 is 0 Å². The summed E-state index contributed by atoms with van der Waals surface area (Å²) in [6, 6.07) is 9.98. The van der Waals surface area contributed by atoms with Gasteiger partial charge in [-0.05, 0) is 24.6 Å². The molecule has 1 aliphatic heterocycles. The van der Waals surface area contributed by atoms with E-state index in [0.717, 1.165) is 11.6 Å². The Morgan fingerprint density at radius 1 is 1.14 bits per heavy atom. The van der Waals surface area contributed by atoms with E-state index in [0.29, 0.717) is 23.4 Å². The third-order valence-corrected chi connectivity index (χ3v) is 3.19. The van der Waals surface area contributed by atoms with Crippen LogP contribution >= 0.6 is 13.5 Å². The Morgan fingerprint density at radius 2 is 1.76 bits per heavy atom. The number of hydrogen-bond donors (Lipinski definition) is 0. The lowest BCUT2D eigenvalue weighted by atomic mass is 10.0. The van der Waals surface area contributed by atoms with E-state index < -0.39 is 11.9 Å². The third-order valence-electron chi connectivity index (χ3n) is 3.19. The lowest BCUT2D eigenvalue weighted by Crippen LogP contribution is -2.09. The second kappa shape index (κ2) is 5.69. The first-order valence-corrected chi connectivity index (χ1v) is 6.21. The molecule has 0 radical (unpaired) electrons. The van der Waals surface area contributed by atoms with Gasteiger partial charge in [0.05, 0.1) is 12.3 Å². The van der Waals surface area contributed by atoms with E-state index in [4.69, 9.17) is 4.74 Å². The number of pyridine rings is 1. The van der Waals surface area contributed by atoms with E-state index >= 15 is 0 Å². The average molecular weight is 313 g/mol. The number of hydrogen-bond acceptors (Lipinski definition) is 2. The molecule has 0 saturated carbocycles. The summed E-state index contributed by atoms with van der Waals surface area (Å²) in [6.45, 7) is 2.39. The van der Waals surface area contributed by atoms with Gasteiger partial charge in [-0.1, -0.05) is 29.8 Å². The van der Waals surface area contributed by atoms with Crippen molar-refractivity contribution in [3.8, 4) is 11.3 Å². The molecule has 1 fully saturated rings. The minimum absolute atomic E-state index is 0. The van der Waals surface area contributed by atoms with Gasteiger partial charge in [0.25, 0.3) is 0 Å². The second-order valence-corrected chi connectivity index (χ2v) is 4.86. The monoisotopic (exact) mass is 313 g/mol. The summed E-state index contributed by atoms with van der Waals surface area (Å²) in [5, 5.41) is 0. The van der Waals surface area contributed by atoms with Crippen molar-refractivity contribution in [2.75, 3.05) is 6.61 Å². The van der Waals surface area contributed by atoms with Crippen LogP contribution in [0.25, 0.3) is 11.3 Å². The van der Waals surface area contributed by atoms with Gasteiger partial charge in [-0.3, -0.25) is 0 Å². The van der Waals surface area contributed by atoms with Crippen molar-refractivity contribution in [2.45, 2.75) is 19.2 Å². The minimum atomic E-state index is -4.45. The number of nitrogens with zero attached hydrogens (tertiary/aromatic N) is 1. The first-order chi connectivity index (χ1) is 9.43. The largest absolute Gasteiger partial charge is 0.433 e. The highest BCUT2D eigenvalue weighted by Crippen LogP contribution is 2.36. The number of ether oxygens (including phenoxy) is 1. The van der Waals surface area contributed by atoms with Crippen LogP contribution in [0.4, 0.5) is 13.2 Å². The molecule has 0 amide bonds. The highest BCUT2D eigenvalue weighted by atomic mass is 32.1. The molecular formula is C15H14F3NOS. The van der Waals surface area contributed by atoms with Crippen molar-refractivity contribution in [1.29, 1.82) is 0 Å². The quantitative estimate of drug-likeness (QED) is 0.774. The van der Waals surface area contributed by atoms with E-state index in [9.17, 15) is 13.2 Å². The molecule has 1 aromatic heterocycles. The molecule has 2 heterocycles. The van der Waals surface area contributed by atoms with Crippen molar-refractivity contribution in [1.82, 2.24) is 4.98 Å². The predicted octanol–water partition coefficient (Wildman–Crippen LogP) is 4.26. The summed E-state index contributed by atoms with van der Waals surface area (Å²) in [5.74, 6) is 0. The fourth-order valence-electron chi connectivity index (χ4n) is 2.00. The number of alkyl halides is 3. The molecule has 1 aromatic carbocycles. The SMILES string of the molecule is Cc1ccc(-c2cc([C@H]3CO3)cc(C(F)(F)F)n2)cc1.S. The Hall–Kier alpha value is -1.53. The zero-order valence-corrected chi connectivity index (χ0v) is 12.2. The maximum absolute atomic E-state index is 12.9. The Kier molecular flexibility index (Phi) is 4.30. The van der Waals surface area contributed by atoms with Gasteiger partial charge in [-0.25, -0.2) is 4.98 Å². The summed E-state index contributed by atoms with van der Waals surface area (Å²) in [7, 11) is 0. The first-order valence-electron chi connectivity index (χ1n) is 6.21. The molecular weight excluding hydrogens is 299 g/mol. The number of aryl methyl sites for hydroxylation is 1. The summed E-state index contributed by atoms with van der Waals surface area (Å²) in [4.78, 5) is 3.73. The lowest BCUT2D eigenvalue weighted by molar-refractivity contribution is -0.141. The highest BCUT2D eigenvalue weighted by Gasteiger charge is 2.35. The molecule has 0 N–H and O–H groups in total. The normalized spacial score (nSPS) is 17.2. The zero-order valence-electron chi connectivity index (χ0n) is 11.2. The molecule has 3 rings (SSSR count). The number of halogens is 3. The van der Waals surface area contributed by atoms with E-state index in [1.54, 1.807) is 18.2 Å². The van der Waals surface area contributed by atoms with Crippen LogP contribution in [-0.4, -0.2) is 11.6 Å².